The summed E-state index contributed by atoms with van der Waals surface area (Å²) < 4.78 is 7.60. The fourth-order valence-corrected chi connectivity index (χ4v) is 2.78. The summed E-state index contributed by atoms with van der Waals surface area (Å²) in [5, 5.41) is 4.10. The van der Waals surface area contributed by atoms with Crippen molar-refractivity contribution in [3.63, 3.8) is 0 Å². The zero-order chi connectivity index (χ0) is 16.5. The fraction of sp³-hybridized carbons (Fsp3) is 0.211. The maximum Gasteiger partial charge on any atom is 0.258 e. The Morgan fingerprint density at radius 1 is 1.04 bits per heavy atom. The third kappa shape index (κ3) is 2.58. The zero-order valence-corrected chi connectivity index (χ0v) is 13.7. The van der Waals surface area contributed by atoms with Gasteiger partial charge in [0.05, 0.1) is 17.4 Å². The van der Waals surface area contributed by atoms with Crippen LogP contribution in [0.1, 0.15) is 18.9 Å². The van der Waals surface area contributed by atoms with Gasteiger partial charge in [-0.05, 0) is 31.5 Å². The van der Waals surface area contributed by atoms with Crippen molar-refractivity contribution in [3.8, 4) is 22.8 Å². The second kappa shape index (κ2) is 5.92. The minimum absolute atomic E-state index is 0.512. The Hall–Kier alpha value is -2.95. The second-order valence-corrected chi connectivity index (χ2v) is 5.93. The van der Waals surface area contributed by atoms with E-state index >= 15 is 0 Å². The third-order valence-corrected chi connectivity index (χ3v) is 4.07. The maximum atomic E-state index is 5.44. The van der Waals surface area contributed by atoms with Gasteiger partial charge in [0.1, 0.15) is 0 Å². The number of rotatable bonds is 4. The molecule has 0 spiro atoms. The molecule has 0 atom stereocenters. The van der Waals surface area contributed by atoms with Gasteiger partial charge in [-0.3, -0.25) is 0 Å². The van der Waals surface area contributed by atoms with Gasteiger partial charge in [0.15, 0.2) is 0 Å². The van der Waals surface area contributed by atoms with Crippen molar-refractivity contribution in [1.82, 2.24) is 19.7 Å². The van der Waals surface area contributed by atoms with Crippen LogP contribution in [0.5, 0.6) is 0 Å². The van der Waals surface area contributed by atoms with Gasteiger partial charge >= 0.3 is 0 Å². The summed E-state index contributed by atoms with van der Waals surface area (Å²) in [5.41, 5.74) is 5.10. The summed E-state index contributed by atoms with van der Waals surface area (Å²) in [5.74, 6) is 1.11. The highest BCUT2D eigenvalue weighted by atomic mass is 16.5. The Labute approximate surface area is 140 Å². The summed E-state index contributed by atoms with van der Waals surface area (Å²) >= 11 is 0. The number of aryl methyl sites for hydroxylation is 2. The van der Waals surface area contributed by atoms with Crippen LogP contribution in [0.2, 0.25) is 0 Å². The second-order valence-electron chi connectivity index (χ2n) is 5.93. The van der Waals surface area contributed by atoms with E-state index in [0.717, 1.165) is 35.1 Å². The van der Waals surface area contributed by atoms with Crippen molar-refractivity contribution >= 4 is 11.0 Å². The Bertz CT molecular complexity index is 982. The molecule has 2 aromatic carbocycles. The Morgan fingerprint density at radius 3 is 2.62 bits per heavy atom. The lowest BCUT2D eigenvalue weighted by atomic mass is 10.1. The molecule has 0 saturated heterocycles. The van der Waals surface area contributed by atoms with E-state index in [9.17, 15) is 0 Å². The van der Waals surface area contributed by atoms with Crippen LogP contribution in [0, 0.1) is 6.92 Å². The predicted octanol–water partition coefficient (Wildman–Crippen LogP) is 4.47. The van der Waals surface area contributed by atoms with Crippen molar-refractivity contribution in [2.75, 3.05) is 0 Å². The summed E-state index contributed by atoms with van der Waals surface area (Å²) in [7, 11) is 0. The smallest absolute Gasteiger partial charge is 0.258 e. The first-order chi connectivity index (χ1) is 11.7. The highest BCUT2D eigenvalue weighted by molar-refractivity contribution is 5.80. The van der Waals surface area contributed by atoms with E-state index in [-0.39, 0.29) is 0 Å². The molecule has 0 bridgehead atoms. The number of hydrogen-bond acceptors (Lipinski definition) is 4. The molecule has 0 aliphatic carbocycles. The molecule has 0 radical (unpaired) electrons. The fourth-order valence-electron chi connectivity index (χ4n) is 2.78. The molecule has 0 saturated carbocycles. The average Bonchev–Trinajstić information content (AvgIpc) is 3.23. The normalized spacial score (nSPS) is 11.2. The lowest BCUT2D eigenvalue weighted by Gasteiger charge is -2.01. The lowest BCUT2D eigenvalue weighted by molar-refractivity contribution is 0.432. The van der Waals surface area contributed by atoms with Crippen LogP contribution in [-0.4, -0.2) is 19.7 Å². The van der Waals surface area contributed by atoms with Crippen LogP contribution in [0.15, 0.2) is 53.3 Å². The van der Waals surface area contributed by atoms with Crippen LogP contribution < -0.4 is 0 Å². The van der Waals surface area contributed by atoms with Gasteiger partial charge in [0.25, 0.3) is 5.89 Å². The number of hydrogen-bond donors (Lipinski definition) is 0. The molecule has 0 aliphatic rings. The van der Waals surface area contributed by atoms with Gasteiger partial charge in [-0.1, -0.05) is 41.9 Å². The number of benzene rings is 2. The van der Waals surface area contributed by atoms with Gasteiger partial charge < -0.3 is 9.09 Å². The summed E-state index contributed by atoms with van der Waals surface area (Å²) in [6, 6.07) is 14.1. The molecule has 2 aromatic heterocycles. The number of fused-ring (bicyclic) bond motifs is 1. The highest BCUT2D eigenvalue weighted by Gasteiger charge is 2.12. The van der Waals surface area contributed by atoms with E-state index in [1.165, 1.54) is 5.56 Å². The number of nitrogens with zero attached hydrogens (tertiary/aromatic N) is 4. The van der Waals surface area contributed by atoms with E-state index in [1.807, 2.05) is 42.7 Å². The standard InChI is InChI=1S/C19H18N4O/c1-3-10-23-12-20-16-11-15(8-9-17(16)23)19-21-18(22-24-19)14-6-4-13(2)5-7-14/h4-9,11-12H,3,10H2,1-2H3. The third-order valence-electron chi connectivity index (χ3n) is 4.07. The molecule has 0 unspecified atom stereocenters. The van der Waals surface area contributed by atoms with Gasteiger partial charge in [-0.15, -0.1) is 0 Å². The van der Waals surface area contributed by atoms with E-state index in [4.69, 9.17) is 4.52 Å². The molecule has 0 fully saturated rings. The summed E-state index contributed by atoms with van der Waals surface area (Å²) in [4.78, 5) is 8.99. The predicted molar refractivity (Wildman–Crippen MR) is 93.5 cm³/mol. The molecule has 0 N–H and O–H groups in total. The summed E-state index contributed by atoms with van der Waals surface area (Å²) in [6.07, 6.45) is 2.96. The SMILES string of the molecule is CCCn1cnc2cc(-c3nc(-c4ccc(C)cc4)no3)ccc21. The van der Waals surface area contributed by atoms with Crippen LogP contribution in [0.4, 0.5) is 0 Å². The van der Waals surface area contributed by atoms with Crippen molar-refractivity contribution in [3.05, 3.63) is 54.4 Å². The topological polar surface area (TPSA) is 56.7 Å². The molecular formula is C19H18N4O. The molecule has 5 nitrogen and oxygen atoms in total. The first-order valence-electron chi connectivity index (χ1n) is 8.10. The van der Waals surface area contributed by atoms with Crippen molar-refractivity contribution in [2.24, 2.45) is 0 Å². The van der Waals surface area contributed by atoms with Gasteiger partial charge in [-0.2, -0.15) is 4.98 Å². The molecule has 5 heteroatoms. The molecule has 24 heavy (non-hydrogen) atoms. The number of imidazole rings is 1. The molecule has 0 amide bonds. The summed E-state index contributed by atoms with van der Waals surface area (Å²) in [6.45, 7) is 5.18. The van der Waals surface area contributed by atoms with E-state index in [0.29, 0.717) is 11.7 Å². The maximum absolute atomic E-state index is 5.44. The van der Waals surface area contributed by atoms with Crippen LogP contribution in [-0.2, 0) is 6.54 Å². The Balaban J connectivity index is 1.69. The van der Waals surface area contributed by atoms with Crippen LogP contribution >= 0.6 is 0 Å². The van der Waals surface area contributed by atoms with Crippen LogP contribution in [0.3, 0.4) is 0 Å². The van der Waals surface area contributed by atoms with E-state index < -0.39 is 0 Å². The minimum Gasteiger partial charge on any atom is -0.334 e. The average molecular weight is 318 g/mol. The molecular weight excluding hydrogens is 300 g/mol. The molecule has 4 rings (SSSR count). The molecule has 2 heterocycles. The quantitative estimate of drug-likeness (QED) is 0.557. The van der Waals surface area contributed by atoms with Crippen molar-refractivity contribution in [2.45, 2.75) is 26.8 Å². The highest BCUT2D eigenvalue weighted by Crippen LogP contribution is 2.25. The minimum atomic E-state index is 0.512. The largest absolute Gasteiger partial charge is 0.334 e. The van der Waals surface area contributed by atoms with Gasteiger partial charge in [-0.25, -0.2) is 4.98 Å². The van der Waals surface area contributed by atoms with Gasteiger partial charge in [0.2, 0.25) is 5.82 Å². The molecule has 4 aromatic rings. The van der Waals surface area contributed by atoms with Crippen molar-refractivity contribution < 1.29 is 4.52 Å². The monoisotopic (exact) mass is 318 g/mol. The molecule has 120 valence electrons. The Kier molecular flexibility index (Phi) is 3.61. The Morgan fingerprint density at radius 2 is 1.83 bits per heavy atom. The zero-order valence-electron chi connectivity index (χ0n) is 13.7. The van der Waals surface area contributed by atoms with Crippen molar-refractivity contribution in [1.29, 1.82) is 0 Å². The van der Waals surface area contributed by atoms with Crippen LogP contribution in [0.25, 0.3) is 33.9 Å². The van der Waals surface area contributed by atoms with Gasteiger partial charge in [0, 0.05) is 17.7 Å². The van der Waals surface area contributed by atoms with E-state index in [2.05, 4.69) is 39.6 Å². The lowest BCUT2D eigenvalue weighted by Crippen LogP contribution is -1.93. The molecule has 0 aliphatic heterocycles. The van der Waals surface area contributed by atoms with E-state index in [1.54, 1.807) is 0 Å². The first kappa shape index (κ1) is 14.6. The number of aromatic nitrogens is 4. The first-order valence-corrected chi connectivity index (χ1v) is 8.10.